The molecule has 3 heterocycles. The standard InChI is InChI=1S/C29H40N6S/c1-7-33(8-2)23-13-15-24(16-14-23)35-21(3)20-25(22(35)4)28-27(26-12-9-10-17-30-26)31-29(36)34(28)19-11-18-32(5)6/h9-10,12-17,20,27-28H,7-8,11,18-19H2,1-6H3,(H,31,36)/t27-,28+/m0/s1. The lowest BCUT2D eigenvalue weighted by atomic mass is 9.96. The summed E-state index contributed by atoms with van der Waals surface area (Å²) in [5.74, 6) is 0. The van der Waals surface area contributed by atoms with E-state index in [1.807, 2.05) is 12.3 Å². The maximum Gasteiger partial charge on any atom is 0.170 e. The summed E-state index contributed by atoms with van der Waals surface area (Å²) in [4.78, 5) is 11.7. The number of pyridine rings is 1. The van der Waals surface area contributed by atoms with Crippen molar-refractivity contribution in [3.8, 4) is 5.69 Å². The molecule has 0 unspecified atom stereocenters. The first-order chi connectivity index (χ1) is 17.3. The summed E-state index contributed by atoms with van der Waals surface area (Å²) in [6, 6.07) is 17.5. The summed E-state index contributed by atoms with van der Waals surface area (Å²) in [6.07, 6.45) is 2.92. The van der Waals surface area contributed by atoms with Gasteiger partial charge in [0.2, 0.25) is 0 Å². The predicted molar refractivity (Wildman–Crippen MR) is 154 cm³/mol. The van der Waals surface area contributed by atoms with E-state index in [-0.39, 0.29) is 12.1 Å². The van der Waals surface area contributed by atoms with Crippen LogP contribution in [-0.4, -0.2) is 64.7 Å². The highest BCUT2D eigenvalue weighted by Gasteiger charge is 2.41. The second-order valence-electron chi connectivity index (χ2n) is 9.83. The SMILES string of the molecule is CCN(CC)c1ccc(-n2c(C)cc([C@@H]3[C@H](c4ccccn4)NC(=S)N3CCCN(C)C)c2C)cc1. The molecule has 1 N–H and O–H groups in total. The molecular formula is C29H40N6S. The van der Waals surface area contributed by atoms with Crippen molar-refractivity contribution in [2.24, 2.45) is 0 Å². The van der Waals surface area contributed by atoms with Gasteiger partial charge in [-0.1, -0.05) is 6.07 Å². The molecule has 2 atom stereocenters. The number of hydrogen-bond donors (Lipinski definition) is 1. The Kier molecular flexibility index (Phi) is 8.32. The van der Waals surface area contributed by atoms with Crippen LogP contribution in [0.25, 0.3) is 5.69 Å². The maximum atomic E-state index is 5.87. The predicted octanol–water partition coefficient (Wildman–Crippen LogP) is 5.26. The van der Waals surface area contributed by atoms with Crippen LogP contribution in [0.15, 0.2) is 54.7 Å². The van der Waals surface area contributed by atoms with Crippen LogP contribution in [0.3, 0.4) is 0 Å². The molecule has 0 aliphatic carbocycles. The summed E-state index contributed by atoms with van der Waals surface area (Å²) >= 11 is 5.87. The number of rotatable bonds is 10. The molecule has 0 saturated carbocycles. The quantitative estimate of drug-likeness (QED) is 0.380. The molecule has 4 rings (SSSR count). The van der Waals surface area contributed by atoms with Crippen molar-refractivity contribution < 1.29 is 0 Å². The first-order valence-corrected chi connectivity index (χ1v) is 13.4. The third kappa shape index (κ3) is 5.27. The number of benzene rings is 1. The molecule has 3 aromatic rings. The molecular weight excluding hydrogens is 464 g/mol. The van der Waals surface area contributed by atoms with Crippen molar-refractivity contribution in [3.63, 3.8) is 0 Å². The van der Waals surface area contributed by atoms with Crippen molar-refractivity contribution in [1.82, 2.24) is 24.7 Å². The van der Waals surface area contributed by atoms with Gasteiger partial charge in [-0.2, -0.15) is 0 Å². The molecule has 6 nitrogen and oxygen atoms in total. The third-order valence-corrected chi connectivity index (χ3v) is 7.58. The number of nitrogens with one attached hydrogen (secondary N) is 1. The van der Waals surface area contributed by atoms with Gasteiger partial charge < -0.3 is 24.6 Å². The molecule has 1 saturated heterocycles. The smallest absolute Gasteiger partial charge is 0.170 e. The van der Waals surface area contributed by atoms with Gasteiger partial charge in [0.05, 0.1) is 17.8 Å². The number of thiocarbonyl (C=S) groups is 1. The minimum Gasteiger partial charge on any atom is -0.372 e. The molecule has 0 radical (unpaired) electrons. The lowest BCUT2D eigenvalue weighted by Gasteiger charge is -2.28. The van der Waals surface area contributed by atoms with E-state index < -0.39 is 0 Å². The Labute approximate surface area is 221 Å². The van der Waals surface area contributed by atoms with Crippen molar-refractivity contribution in [2.75, 3.05) is 45.2 Å². The van der Waals surface area contributed by atoms with Gasteiger partial charge in [0, 0.05) is 48.6 Å². The van der Waals surface area contributed by atoms with Crippen molar-refractivity contribution in [1.29, 1.82) is 0 Å². The average molecular weight is 505 g/mol. The summed E-state index contributed by atoms with van der Waals surface area (Å²) in [5.41, 5.74) is 7.25. The highest BCUT2D eigenvalue weighted by molar-refractivity contribution is 7.80. The normalized spacial score (nSPS) is 17.6. The Morgan fingerprint density at radius 2 is 1.75 bits per heavy atom. The number of hydrogen-bond acceptors (Lipinski definition) is 4. The largest absolute Gasteiger partial charge is 0.372 e. The van der Waals surface area contributed by atoms with Crippen LogP contribution in [0, 0.1) is 13.8 Å². The minimum absolute atomic E-state index is 0.0112. The fourth-order valence-electron chi connectivity index (χ4n) is 5.43. The summed E-state index contributed by atoms with van der Waals surface area (Å²) in [6.45, 7) is 12.8. The van der Waals surface area contributed by atoms with E-state index in [0.717, 1.165) is 43.4 Å². The average Bonchev–Trinajstić information content (AvgIpc) is 3.35. The highest BCUT2D eigenvalue weighted by Crippen LogP contribution is 2.41. The Balaban J connectivity index is 1.72. The summed E-state index contributed by atoms with van der Waals surface area (Å²) in [5, 5.41) is 4.41. The first kappa shape index (κ1) is 26.2. The zero-order chi connectivity index (χ0) is 25.8. The number of nitrogens with zero attached hydrogens (tertiary/aromatic N) is 5. The van der Waals surface area contributed by atoms with Crippen LogP contribution >= 0.6 is 12.2 Å². The molecule has 1 aliphatic rings. The van der Waals surface area contributed by atoms with Gasteiger partial charge in [-0.3, -0.25) is 4.98 Å². The van der Waals surface area contributed by atoms with E-state index in [1.165, 1.54) is 28.3 Å². The molecule has 2 aromatic heterocycles. The van der Waals surface area contributed by atoms with Gasteiger partial charge >= 0.3 is 0 Å². The zero-order valence-corrected chi connectivity index (χ0v) is 23.3. The Bertz CT molecular complexity index is 1150. The number of aryl methyl sites for hydroxylation is 1. The fraction of sp³-hybridized carbons (Fsp3) is 0.448. The molecule has 36 heavy (non-hydrogen) atoms. The second kappa shape index (κ2) is 11.4. The molecule has 7 heteroatoms. The van der Waals surface area contributed by atoms with E-state index in [9.17, 15) is 0 Å². The van der Waals surface area contributed by atoms with Crippen molar-refractivity contribution in [2.45, 2.75) is 46.2 Å². The van der Waals surface area contributed by atoms with Crippen molar-refractivity contribution >= 4 is 23.0 Å². The van der Waals surface area contributed by atoms with Gasteiger partial charge in [-0.25, -0.2) is 0 Å². The van der Waals surface area contributed by atoms with Gasteiger partial charge in [0.15, 0.2) is 5.11 Å². The summed E-state index contributed by atoms with van der Waals surface area (Å²) in [7, 11) is 4.24. The van der Waals surface area contributed by atoms with Gasteiger partial charge in [0.1, 0.15) is 0 Å². The van der Waals surface area contributed by atoms with Gasteiger partial charge in [0.25, 0.3) is 0 Å². The molecule has 1 aromatic carbocycles. The Morgan fingerprint density at radius 1 is 1.03 bits per heavy atom. The highest BCUT2D eigenvalue weighted by atomic mass is 32.1. The lowest BCUT2D eigenvalue weighted by molar-refractivity contribution is 0.292. The molecule has 0 bridgehead atoms. The van der Waals surface area contributed by atoms with Crippen molar-refractivity contribution in [3.05, 3.63) is 77.4 Å². The van der Waals surface area contributed by atoms with E-state index >= 15 is 0 Å². The van der Waals surface area contributed by atoms with Crippen LogP contribution in [0.5, 0.6) is 0 Å². The fourth-order valence-corrected chi connectivity index (χ4v) is 5.76. The van der Waals surface area contributed by atoms with Crippen LogP contribution in [0.4, 0.5) is 5.69 Å². The lowest BCUT2D eigenvalue weighted by Crippen LogP contribution is -2.32. The van der Waals surface area contributed by atoms with E-state index in [2.05, 4.69) is 109 Å². The van der Waals surface area contributed by atoms with Crippen LogP contribution in [-0.2, 0) is 0 Å². The molecule has 0 amide bonds. The van der Waals surface area contributed by atoms with Crippen LogP contribution in [0.1, 0.15) is 55.0 Å². The minimum atomic E-state index is 0.0112. The topological polar surface area (TPSA) is 39.6 Å². The van der Waals surface area contributed by atoms with Gasteiger partial charge in [-0.15, -0.1) is 0 Å². The second-order valence-corrected chi connectivity index (χ2v) is 10.2. The molecule has 192 valence electrons. The maximum absolute atomic E-state index is 5.87. The molecule has 1 aliphatic heterocycles. The number of aromatic nitrogens is 2. The van der Waals surface area contributed by atoms with Crippen LogP contribution < -0.4 is 10.2 Å². The van der Waals surface area contributed by atoms with E-state index in [4.69, 9.17) is 17.2 Å². The molecule has 0 spiro atoms. The third-order valence-electron chi connectivity index (χ3n) is 7.23. The van der Waals surface area contributed by atoms with Crippen LogP contribution in [0.2, 0.25) is 0 Å². The van der Waals surface area contributed by atoms with Gasteiger partial charge in [-0.05, 0) is 115 Å². The van der Waals surface area contributed by atoms with E-state index in [0.29, 0.717) is 0 Å². The zero-order valence-electron chi connectivity index (χ0n) is 22.5. The first-order valence-electron chi connectivity index (χ1n) is 13.0. The molecule has 1 fully saturated rings. The Hall–Kier alpha value is -2.90. The summed E-state index contributed by atoms with van der Waals surface area (Å²) < 4.78 is 2.37. The monoisotopic (exact) mass is 504 g/mol. The Morgan fingerprint density at radius 3 is 2.36 bits per heavy atom. The van der Waals surface area contributed by atoms with E-state index in [1.54, 1.807) is 0 Å². The number of anilines is 1.